The number of pyridine rings is 1. The number of allylic oxidation sites excluding steroid dienone is 1. The first-order chi connectivity index (χ1) is 17.0. The smallest absolute Gasteiger partial charge is 0.338 e. The van der Waals surface area contributed by atoms with Gasteiger partial charge < -0.3 is 24.4 Å². The SMILES string of the molecule is COC(=O)C1=C(C)N=C2SC=C(CC(=O)NCc3cccnc3)N2C1c1ccc(OC)cc1OC. The Morgan fingerprint density at radius 2 is 2.00 bits per heavy atom. The summed E-state index contributed by atoms with van der Waals surface area (Å²) in [5.74, 6) is 0.512. The third-order valence-electron chi connectivity index (χ3n) is 5.70. The molecule has 9 nitrogen and oxygen atoms in total. The maximum atomic E-state index is 12.9. The number of amidine groups is 1. The van der Waals surface area contributed by atoms with E-state index in [1.165, 1.54) is 18.9 Å². The second kappa shape index (κ2) is 10.6. The minimum Gasteiger partial charge on any atom is -0.497 e. The van der Waals surface area contributed by atoms with Gasteiger partial charge in [0.1, 0.15) is 11.5 Å². The highest BCUT2D eigenvalue weighted by atomic mass is 32.2. The molecule has 0 fully saturated rings. The van der Waals surface area contributed by atoms with Crippen molar-refractivity contribution in [1.82, 2.24) is 15.2 Å². The molecule has 0 bridgehead atoms. The molecule has 1 amide bonds. The molecule has 2 aromatic rings. The fourth-order valence-electron chi connectivity index (χ4n) is 4.01. The van der Waals surface area contributed by atoms with Gasteiger partial charge in [-0.15, -0.1) is 0 Å². The number of benzene rings is 1. The third kappa shape index (κ3) is 5.02. The molecule has 182 valence electrons. The summed E-state index contributed by atoms with van der Waals surface area (Å²) in [5, 5.41) is 5.49. The topological polar surface area (TPSA) is 102 Å². The number of aromatic nitrogens is 1. The van der Waals surface area contributed by atoms with Gasteiger partial charge in [-0.1, -0.05) is 17.8 Å². The van der Waals surface area contributed by atoms with Gasteiger partial charge in [0.15, 0.2) is 5.17 Å². The third-order valence-corrected chi connectivity index (χ3v) is 6.58. The number of carbonyl (C=O) groups is 2. The normalized spacial score (nSPS) is 16.8. The van der Waals surface area contributed by atoms with E-state index >= 15 is 0 Å². The van der Waals surface area contributed by atoms with Crippen LogP contribution in [0.3, 0.4) is 0 Å². The van der Waals surface area contributed by atoms with E-state index in [2.05, 4.69) is 15.3 Å². The van der Waals surface area contributed by atoms with Gasteiger partial charge in [-0.3, -0.25) is 9.78 Å². The summed E-state index contributed by atoms with van der Waals surface area (Å²) in [5.41, 5.74) is 3.28. The fraction of sp³-hybridized carbons (Fsp3) is 0.280. The lowest BCUT2D eigenvalue weighted by molar-refractivity contribution is -0.136. The van der Waals surface area contributed by atoms with Crippen molar-refractivity contribution in [2.24, 2.45) is 4.99 Å². The van der Waals surface area contributed by atoms with Crippen LogP contribution in [0.4, 0.5) is 0 Å². The Hall–Kier alpha value is -3.79. The van der Waals surface area contributed by atoms with Crippen LogP contribution in [0.2, 0.25) is 0 Å². The molecular formula is C25H26N4O5S. The maximum absolute atomic E-state index is 12.9. The van der Waals surface area contributed by atoms with Crippen LogP contribution in [0.5, 0.6) is 11.5 Å². The molecule has 2 aliphatic rings. The summed E-state index contributed by atoms with van der Waals surface area (Å²) in [6.07, 6.45) is 3.50. The van der Waals surface area contributed by atoms with Crippen LogP contribution in [0.25, 0.3) is 0 Å². The molecule has 1 aromatic heterocycles. The Balaban J connectivity index is 1.67. The number of amides is 1. The molecule has 1 aromatic carbocycles. The number of esters is 1. The molecule has 0 saturated carbocycles. The monoisotopic (exact) mass is 494 g/mol. The van der Waals surface area contributed by atoms with Gasteiger partial charge in [-0.25, -0.2) is 9.79 Å². The van der Waals surface area contributed by atoms with Gasteiger partial charge >= 0.3 is 5.97 Å². The van der Waals surface area contributed by atoms with E-state index in [9.17, 15) is 9.59 Å². The van der Waals surface area contributed by atoms with Gasteiger partial charge in [0.2, 0.25) is 5.91 Å². The Bertz CT molecular complexity index is 1230. The lowest BCUT2D eigenvalue weighted by Gasteiger charge is -2.36. The number of ether oxygens (including phenoxy) is 3. The first kappa shape index (κ1) is 24.3. The second-order valence-corrected chi connectivity index (χ2v) is 8.64. The molecule has 10 heteroatoms. The van der Waals surface area contributed by atoms with Crippen molar-refractivity contribution < 1.29 is 23.8 Å². The molecule has 35 heavy (non-hydrogen) atoms. The number of nitrogens with one attached hydrogen (secondary N) is 1. The highest BCUT2D eigenvalue weighted by molar-refractivity contribution is 8.16. The largest absolute Gasteiger partial charge is 0.497 e. The summed E-state index contributed by atoms with van der Waals surface area (Å²) in [7, 11) is 4.48. The van der Waals surface area contributed by atoms with E-state index in [0.29, 0.717) is 40.2 Å². The van der Waals surface area contributed by atoms with Crippen molar-refractivity contribution in [3.63, 3.8) is 0 Å². The van der Waals surface area contributed by atoms with Crippen molar-refractivity contribution in [2.75, 3.05) is 21.3 Å². The number of rotatable bonds is 8. The first-order valence-corrected chi connectivity index (χ1v) is 11.7. The Morgan fingerprint density at radius 1 is 1.17 bits per heavy atom. The number of fused-ring (bicyclic) bond motifs is 1. The van der Waals surface area contributed by atoms with Crippen molar-refractivity contribution in [2.45, 2.75) is 25.9 Å². The van der Waals surface area contributed by atoms with Gasteiger partial charge in [0.05, 0.1) is 45.1 Å². The molecule has 0 aliphatic carbocycles. The molecule has 1 unspecified atom stereocenters. The zero-order chi connectivity index (χ0) is 24.9. The molecule has 0 radical (unpaired) electrons. The zero-order valence-electron chi connectivity index (χ0n) is 19.9. The van der Waals surface area contributed by atoms with Crippen LogP contribution < -0.4 is 14.8 Å². The molecular weight excluding hydrogens is 468 g/mol. The van der Waals surface area contributed by atoms with E-state index < -0.39 is 12.0 Å². The van der Waals surface area contributed by atoms with E-state index in [-0.39, 0.29) is 12.3 Å². The minimum absolute atomic E-state index is 0.106. The van der Waals surface area contributed by atoms with Crippen LogP contribution in [-0.4, -0.2) is 48.3 Å². The average Bonchev–Trinajstić information content (AvgIpc) is 3.28. The molecule has 1 atom stereocenters. The van der Waals surface area contributed by atoms with Gasteiger partial charge in [0, 0.05) is 36.3 Å². The quantitative estimate of drug-likeness (QED) is 0.556. The average molecular weight is 495 g/mol. The summed E-state index contributed by atoms with van der Waals surface area (Å²) >= 11 is 1.41. The highest BCUT2D eigenvalue weighted by Gasteiger charge is 2.42. The number of thioether (sulfide) groups is 1. The van der Waals surface area contributed by atoms with Crippen LogP contribution in [-0.2, 0) is 20.9 Å². The summed E-state index contributed by atoms with van der Waals surface area (Å²) in [6.45, 7) is 2.15. The van der Waals surface area contributed by atoms with Crippen LogP contribution in [0.15, 0.2) is 70.1 Å². The van der Waals surface area contributed by atoms with Gasteiger partial charge in [0.25, 0.3) is 0 Å². The number of hydrogen-bond acceptors (Lipinski definition) is 9. The maximum Gasteiger partial charge on any atom is 0.338 e. The van der Waals surface area contributed by atoms with Crippen LogP contribution >= 0.6 is 11.8 Å². The number of carbonyl (C=O) groups excluding carboxylic acids is 2. The predicted molar refractivity (Wildman–Crippen MR) is 133 cm³/mol. The summed E-state index contributed by atoms with van der Waals surface area (Å²) < 4.78 is 16.1. The second-order valence-electron chi connectivity index (χ2n) is 7.81. The summed E-state index contributed by atoms with van der Waals surface area (Å²) in [4.78, 5) is 36.4. The van der Waals surface area contributed by atoms with Crippen LogP contribution in [0.1, 0.15) is 30.5 Å². The van der Waals surface area contributed by atoms with E-state index in [1.54, 1.807) is 45.7 Å². The Morgan fingerprint density at radius 3 is 2.69 bits per heavy atom. The lowest BCUT2D eigenvalue weighted by atomic mass is 9.93. The fourth-order valence-corrected chi connectivity index (χ4v) is 4.97. The molecule has 3 heterocycles. The van der Waals surface area contributed by atoms with Crippen molar-refractivity contribution >= 4 is 28.8 Å². The zero-order valence-corrected chi connectivity index (χ0v) is 20.7. The van der Waals surface area contributed by atoms with E-state index in [4.69, 9.17) is 14.2 Å². The van der Waals surface area contributed by atoms with Gasteiger partial charge in [-0.2, -0.15) is 0 Å². The number of aliphatic imine (C=N–C) groups is 1. The first-order valence-electron chi connectivity index (χ1n) is 10.9. The van der Waals surface area contributed by atoms with Crippen LogP contribution in [0, 0.1) is 0 Å². The molecule has 0 saturated heterocycles. The van der Waals surface area contributed by atoms with Crippen molar-refractivity contribution in [3.8, 4) is 11.5 Å². The van der Waals surface area contributed by atoms with E-state index in [0.717, 1.165) is 11.1 Å². The number of hydrogen-bond donors (Lipinski definition) is 1. The molecule has 2 aliphatic heterocycles. The Labute approximate surface area is 207 Å². The summed E-state index contributed by atoms with van der Waals surface area (Å²) in [6, 6.07) is 8.55. The highest BCUT2D eigenvalue weighted by Crippen LogP contribution is 2.47. The lowest BCUT2D eigenvalue weighted by Crippen LogP contribution is -2.38. The molecule has 0 spiro atoms. The van der Waals surface area contributed by atoms with Gasteiger partial charge in [-0.05, 0) is 36.1 Å². The predicted octanol–water partition coefficient (Wildman–Crippen LogP) is 3.55. The molecule has 4 rings (SSSR count). The Kier molecular flexibility index (Phi) is 7.40. The van der Waals surface area contributed by atoms with Crippen molar-refractivity contribution in [1.29, 1.82) is 0 Å². The van der Waals surface area contributed by atoms with Crippen molar-refractivity contribution in [3.05, 3.63) is 76.2 Å². The standard InChI is InChI=1S/C25H26N4O5S/c1-15-22(24(31)34-4)23(19-8-7-18(32-2)11-20(19)33-3)29-17(14-35-25(29)28-15)10-21(30)27-13-16-6-5-9-26-12-16/h5-9,11-12,14,23H,10,13H2,1-4H3,(H,27,30). The minimum atomic E-state index is -0.594. The van der Waals surface area contributed by atoms with E-state index in [1.807, 2.05) is 28.5 Å². The number of methoxy groups -OCH3 is 3. The number of nitrogens with zero attached hydrogens (tertiary/aromatic N) is 3. The molecule has 1 N–H and O–H groups in total.